The van der Waals surface area contributed by atoms with Crippen LogP contribution >= 0.6 is 0 Å². The Balaban J connectivity index is 4.30. The van der Waals surface area contributed by atoms with Crippen LogP contribution in [0.1, 0.15) is 111 Å². The lowest BCUT2D eigenvalue weighted by molar-refractivity contribution is -0.140. The van der Waals surface area contributed by atoms with Crippen molar-refractivity contribution in [2.45, 2.75) is 121 Å². The number of hydrogen-bond donors (Lipinski definition) is 0. The summed E-state index contributed by atoms with van der Waals surface area (Å²) in [4.78, 5) is 11.1. The summed E-state index contributed by atoms with van der Waals surface area (Å²) < 4.78 is 29.6. The Morgan fingerprint density at radius 2 is 1.14 bits per heavy atom. The number of ether oxygens (including phenoxy) is 1. The first-order valence-electron chi connectivity index (χ1n) is 11.8. The standard InChI is InChI=1S/C23H46O4S2/c1-5-8-9-13-16-21(28(25)6-2)19-20-22(29(26)7-3)17-14-11-10-12-15-18-23(24)27-4/h21-22H,5-20H2,1-4H3. The quantitative estimate of drug-likeness (QED) is 0.171. The van der Waals surface area contributed by atoms with Gasteiger partial charge in [0.15, 0.2) is 0 Å². The van der Waals surface area contributed by atoms with E-state index in [0.29, 0.717) is 12.2 Å². The molecule has 0 rings (SSSR count). The molecule has 174 valence electrons. The van der Waals surface area contributed by atoms with Gasteiger partial charge in [0.25, 0.3) is 0 Å². The number of hydrogen-bond acceptors (Lipinski definition) is 4. The molecule has 0 aromatic rings. The van der Waals surface area contributed by atoms with Gasteiger partial charge in [-0.15, -0.1) is 0 Å². The van der Waals surface area contributed by atoms with E-state index in [1.54, 1.807) is 0 Å². The molecule has 4 nitrogen and oxygen atoms in total. The molecular formula is C23H46O4S2. The number of methoxy groups -OCH3 is 1. The van der Waals surface area contributed by atoms with E-state index in [0.717, 1.165) is 70.0 Å². The zero-order valence-corrected chi connectivity index (χ0v) is 21.1. The number of esters is 1. The summed E-state index contributed by atoms with van der Waals surface area (Å²) >= 11 is 0. The number of rotatable bonds is 20. The van der Waals surface area contributed by atoms with Crippen LogP contribution in [0.3, 0.4) is 0 Å². The predicted octanol–water partition coefficient (Wildman–Crippen LogP) is 5.92. The summed E-state index contributed by atoms with van der Waals surface area (Å²) in [6.07, 6.45) is 14.6. The molecule has 0 aromatic heterocycles. The smallest absolute Gasteiger partial charge is 0.305 e. The molecule has 4 unspecified atom stereocenters. The fourth-order valence-electron chi connectivity index (χ4n) is 3.73. The molecule has 0 spiro atoms. The van der Waals surface area contributed by atoms with Crippen LogP contribution in [0.4, 0.5) is 0 Å². The van der Waals surface area contributed by atoms with Gasteiger partial charge < -0.3 is 4.74 Å². The summed E-state index contributed by atoms with van der Waals surface area (Å²) in [7, 11) is -0.103. The van der Waals surface area contributed by atoms with Crippen LogP contribution in [-0.4, -0.2) is 43.5 Å². The fourth-order valence-corrected chi connectivity index (χ4v) is 6.33. The fraction of sp³-hybridized carbons (Fsp3) is 0.957. The third-order valence-electron chi connectivity index (χ3n) is 5.64. The Morgan fingerprint density at radius 3 is 1.59 bits per heavy atom. The van der Waals surface area contributed by atoms with Crippen LogP contribution in [0.5, 0.6) is 0 Å². The Hall–Kier alpha value is -0.230. The van der Waals surface area contributed by atoms with Crippen LogP contribution in [0.15, 0.2) is 0 Å². The van der Waals surface area contributed by atoms with Crippen LogP contribution < -0.4 is 0 Å². The minimum Gasteiger partial charge on any atom is -0.469 e. The zero-order valence-electron chi connectivity index (χ0n) is 19.4. The molecule has 0 amide bonds. The summed E-state index contributed by atoms with van der Waals surface area (Å²) in [5.41, 5.74) is 0. The lowest BCUT2D eigenvalue weighted by Gasteiger charge is -2.20. The van der Waals surface area contributed by atoms with E-state index in [4.69, 9.17) is 0 Å². The maximum absolute atomic E-state index is 12.5. The van der Waals surface area contributed by atoms with Crippen LogP contribution in [0.2, 0.25) is 0 Å². The van der Waals surface area contributed by atoms with Crippen LogP contribution in [0, 0.1) is 0 Å². The van der Waals surface area contributed by atoms with E-state index >= 15 is 0 Å². The monoisotopic (exact) mass is 450 g/mol. The van der Waals surface area contributed by atoms with E-state index < -0.39 is 21.6 Å². The molecule has 29 heavy (non-hydrogen) atoms. The Bertz CT molecular complexity index is 454. The Morgan fingerprint density at radius 1 is 0.690 bits per heavy atom. The van der Waals surface area contributed by atoms with Crippen molar-refractivity contribution in [1.82, 2.24) is 0 Å². The van der Waals surface area contributed by atoms with Crippen molar-refractivity contribution in [3.63, 3.8) is 0 Å². The molecule has 0 aliphatic carbocycles. The summed E-state index contributed by atoms with van der Waals surface area (Å²) in [6, 6.07) is 0. The minimum atomic E-state index is -0.782. The lowest BCUT2D eigenvalue weighted by Crippen LogP contribution is -2.23. The summed E-state index contributed by atoms with van der Waals surface area (Å²) in [5, 5.41) is 0.508. The molecule has 0 saturated carbocycles. The molecule has 0 radical (unpaired) electrons. The van der Waals surface area contributed by atoms with Gasteiger partial charge in [0, 0.05) is 50.0 Å². The highest BCUT2D eigenvalue weighted by atomic mass is 32.2. The van der Waals surface area contributed by atoms with Crippen molar-refractivity contribution in [2.75, 3.05) is 18.6 Å². The van der Waals surface area contributed by atoms with Crippen molar-refractivity contribution < 1.29 is 17.9 Å². The maximum atomic E-state index is 12.5. The molecule has 0 bridgehead atoms. The molecule has 0 heterocycles. The van der Waals surface area contributed by atoms with Gasteiger partial charge in [-0.2, -0.15) is 0 Å². The summed E-state index contributed by atoms with van der Waals surface area (Å²) in [6.45, 7) is 6.23. The van der Waals surface area contributed by atoms with Crippen molar-refractivity contribution in [3.05, 3.63) is 0 Å². The second kappa shape index (κ2) is 19.7. The van der Waals surface area contributed by atoms with Gasteiger partial charge in [0.2, 0.25) is 0 Å². The van der Waals surface area contributed by atoms with Gasteiger partial charge in [0.05, 0.1) is 7.11 Å². The van der Waals surface area contributed by atoms with Crippen molar-refractivity contribution in [2.24, 2.45) is 0 Å². The average Bonchev–Trinajstić information content (AvgIpc) is 2.74. The highest BCUT2D eigenvalue weighted by Gasteiger charge is 2.20. The first-order valence-corrected chi connectivity index (χ1v) is 14.6. The first kappa shape index (κ1) is 28.8. The average molecular weight is 451 g/mol. The van der Waals surface area contributed by atoms with Gasteiger partial charge in [0.1, 0.15) is 0 Å². The Labute approximate surface area is 185 Å². The maximum Gasteiger partial charge on any atom is 0.305 e. The molecule has 4 atom stereocenters. The second-order valence-corrected chi connectivity index (χ2v) is 11.9. The lowest BCUT2D eigenvalue weighted by atomic mass is 10.0. The van der Waals surface area contributed by atoms with Gasteiger partial charge >= 0.3 is 5.97 Å². The van der Waals surface area contributed by atoms with Gasteiger partial charge in [-0.1, -0.05) is 72.1 Å². The molecule has 0 saturated heterocycles. The van der Waals surface area contributed by atoms with Crippen LogP contribution in [-0.2, 0) is 31.1 Å². The number of unbranched alkanes of at least 4 members (excludes halogenated alkanes) is 7. The minimum absolute atomic E-state index is 0.128. The van der Waals surface area contributed by atoms with E-state index in [1.807, 2.05) is 13.8 Å². The van der Waals surface area contributed by atoms with Crippen molar-refractivity contribution in [1.29, 1.82) is 0 Å². The van der Waals surface area contributed by atoms with Crippen LogP contribution in [0.25, 0.3) is 0 Å². The molecule has 0 N–H and O–H groups in total. The highest BCUT2D eigenvalue weighted by Crippen LogP contribution is 2.21. The molecule has 0 fully saturated rings. The summed E-state index contributed by atoms with van der Waals surface area (Å²) in [5.74, 6) is 1.31. The third-order valence-corrected chi connectivity index (χ3v) is 9.21. The van der Waals surface area contributed by atoms with Gasteiger partial charge in [-0.25, -0.2) is 0 Å². The molecule has 0 aliphatic rings. The zero-order chi connectivity index (χ0) is 21.9. The largest absolute Gasteiger partial charge is 0.469 e. The first-order chi connectivity index (χ1) is 14.0. The second-order valence-electron chi connectivity index (χ2n) is 7.89. The molecule has 0 aliphatic heterocycles. The van der Waals surface area contributed by atoms with Crippen molar-refractivity contribution >= 4 is 27.6 Å². The van der Waals surface area contributed by atoms with Gasteiger partial charge in [-0.05, 0) is 32.1 Å². The normalized spacial score (nSPS) is 15.6. The topological polar surface area (TPSA) is 60.4 Å². The number of carbonyl (C=O) groups is 1. The highest BCUT2D eigenvalue weighted by molar-refractivity contribution is 7.86. The van der Waals surface area contributed by atoms with E-state index in [1.165, 1.54) is 26.4 Å². The molecular weight excluding hydrogens is 404 g/mol. The van der Waals surface area contributed by atoms with Gasteiger partial charge in [-0.3, -0.25) is 13.2 Å². The van der Waals surface area contributed by atoms with Crippen molar-refractivity contribution in [3.8, 4) is 0 Å². The van der Waals surface area contributed by atoms with E-state index in [9.17, 15) is 13.2 Å². The molecule has 6 heteroatoms. The Kier molecular flexibility index (Phi) is 19.6. The molecule has 0 aromatic carbocycles. The predicted molar refractivity (Wildman–Crippen MR) is 127 cm³/mol. The SMILES string of the molecule is CCCCCCC(CCC(CCCCCCCC(=O)OC)S(=O)CC)S(=O)CC. The van der Waals surface area contributed by atoms with E-state index in [-0.39, 0.29) is 16.5 Å². The third kappa shape index (κ3) is 15.3. The van der Waals surface area contributed by atoms with E-state index in [2.05, 4.69) is 11.7 Å². The number of carbonyl (C=O) groups excluding carboxylic acids is 1.